The Morgan fingerprint density at radius 1 is 1.47 bits per heavy atom. The highest BCUT2D eigenvalue weighted by molar-refractivity contribution is 5.77. The van der Waals surface area contributed by atoms with Crippen molar-refractivity contribution < 1.29 is 14.3 Å². The van der Waals surface area contributed by atoms with Crippen LogP contribution in [0.2, 0.25) is 0 Å². The Morgan fingerprint density at radius 2 is 2.13 bits per heavy atom. The summed E-state index contributed by atoms with van der Waals surface area (Å²) in [4.78, 5) is 11.3. The summed E-state index contributed by atoms with van der Waals surface area (Å²) in [6, 6.07) is 0. The molecule has 0 atom stereocenters. The minimum Gasteiger partial charge on any atom is -0.381 e. The number of amides is 1. The van der Waals surface area contributed by atoms with Gasteiger partial charge < -0.3 is 14.8 Å². The molecule has 15 heavy (non-hydrogen) atoms. The first-order valence-electron chi connectivity index (χ1n) is 5.58. The maximum absolute atomic E-state index is 11.3. The van der Waals surface area contributed by atoms with Crippen LogP contribution in [0.3, 0.4) is 0 Å². The van der Waals surface area contributed by atoms with Crippen molar-refractivity contribution in [3.05, 3.63) is 0 Å². The molecule has 4 heteroatoms. The van der Waals surface area contributed by atoms with Gasteiger partial charge in [0, 0.05) is 26.4 Å². The Labute approximate surface area is 91.3 Å². The quantitative estimate of drug-likeness (QED) is 0.743. The number of ether oxygens (including phenoxy) is 2. The lowest BCUT2D eigenvalue weighted by Gasteiger charge is -2.33. The van der Waals surface area contributed by atoms with Crippen molar-refractivity contribution in [1.82, 2.24) is 5.32 Å². The topological polar surface area (TPSA) is 47.6 Å². The highest BCUT2D eigenvalue weighted by atomic mass is 16.5. The van der Waals surface area contributed by atoms with Gasteiger partial charge in [0.2, 0.25) is 5.91 Å². The molecule has 1 aliphatic rings. The van der Waals surface area contributed by atoms with E-state index in [9.17, 15) is 4.79 Å². The minimum absolute atomic E-state index is 0.0235. The van der Waals surface area contributed by atoms with Gasteiger partial charge in [0.15, 0.2) is 0 Å². The summed E-state index contributed by atoms with van der Waals surface area (Å²) in [6.45, 7) is 7.16. The van der Waals surface area contributed by atoms with Crippen molar-refractivity contribution >= 4 is 5.91 Å². The molecule has 0 aromatic rings. The Balaban J connectivity index is 2.19. The lowest BCUT2D eigenvalue weighted by Crippen LogP contribution is -2.40. The van der Waals surface area contributed by atoms with Crippen molar-refractivity contribution in [2.45, 2.75) is 26.7 Å². The summed E-state index contributed by atoms with van der Waals surface area (Å²) in [6.07, 6.45) is 2.03. The third kappa shape index (κ3) is 4.62. The average Bonchev–Trinajstić information content (AvgIpc) is 2.25. The van der Waals surface area contributed by atoms with Crippen LogP contribution in [0.5, 0.6) is 0 Å². The highest BCUT2D eigenvalue weighted by Gasteiger charge is 2.27. The highest BCUT2D eigenvalue weighted by Crippen LogP contribution is 2.28. The average molecular weight is 215 g/mol. The zero-order valence-electron chi connectivity index (χ0n) is 9.67. The standard InChI is InChI=1S/C11H21NO3/c1-3-14-8-10(13)12-9-11(2)4-6-15-7-5-11/h3-9H2,1-2H3,(H,12,13). The Hall–Kier alpha value is -0.610. The van der Waals surface area contributed by atoms with Crippen molar-refractivity contribution in [3.8, 4) is 0 Å². The molecule has 0 radical (unpaired) electrons. The van der Waals surface area contributed by atoms with E-state index < -0.39 is 0 Å². The fraction of sp³-hybridized carbons (Fsp3) is 0.909. The van der Waals surface area contributed by atoms with Crippen LogP contribution in [-0.2, 0) is 14.3 Å². The molecular formula is C11H21NO3. The van der Waals surface area contributed by atoms with E-state index in [2.05, 4.69) is 12.2 Å². The van der Waals surface area contributed by atoms with Crippen LogP contribution in [-0.4, -0.2) is 38.9 Å². The predicted octanol–water partition coefficient (Wildman–Crippen LogP) is 0.956. The first kappa shape index (κ1) is 12.5. The Bertz CT molecular complexity index is 200. The molecular weight excluding hydrogens is 194 g/mol. The Kier molecular flexibility index (Phi) is 5.05. The first-order chi connectivity index (χ1) is 7.16. The molecule has 1 aliphatic heterocycles. The van der Waals surface area contributed by atoms with Crippen molar-refractivity contribution in [2.75, 3.05) is 33.0 Å². The SMILES string of the molecule is CCOCC(=O)NCC1(C)CCOCC1. The van der Waals surface area contributed by atoms with Gasteiger partial charge >= 0.3 is 0 Å². The van der Waals surface area contributed by atoms with Crippen molar-refractivity contribution in [2.24, 2.45) is 5.41 Å². The largest absolute Gasteiger partial charge is 0.381 e. The fourth-order valence-electron chi connectivity index (χ4n) is 1.60. The van der Waals surface area contributed by atoms with Gasteiger partial charge in [-0.05, 0) is 25.2 Å². The normalized spacial score (nSPS) is 19.9. The predicted molar refractivity (Wildman–Crippen MR) is 57.7 cm³/mol. The molecule has 0 bridgehead atoms. The van der Waals surface area contributed by atoms with Gasteiger partial charge in [-0.3, -0.25) is 4.79 Å². The van der Waals surface area contributed by atoms with E-state index in [1.165, 1.54) is 0 Å². The van der Waals surface area contributed by atoms with Gasteiger partial charge in [0.05, 0.1) is 0 Å². The van der Waals surface area contributed by atoms with Crippen LogP contribution in [0.15, 0.2) is 0 Å². The number of carbonyl (C=O) groups excluding carboxylic acids is 1. The number of hydrogen-bond donors (Lipinski definition) is 1. The monoisotopic (exact) mass is 215 g/mol. The molecule has 88 valence electrons. The van der Waals surface area contributed by atoms with E-state index >= 15 is 0 Å². The zero-order valence-corrected chi connectivity index (χ0v) is 9.67. The van der Waals surface area contributed by atoms with Crippen LogP contribution in [0.4, 0.5) is 0 Å². The van der Waals surface area contributed by atoms with Crippen LogP contribution in [0.25, 0.3) is 0 Å². The van der Waals surface area contributed by atoms with Gasteiger partial charge in [-0.25, -0.2) is 0 Å². The Morgan fingerprint density at radius 3 is 2.73 bits per heavy atom. The molecule has 1 amide bonds. The summed E-state index contributed by atoms with van der Waals surface area (Å²) in [5.41, 5.74) is 0.195. The summed E-state index contributed by atoms with van der Waals surface area (Å²) < 4.78 is 10.3. The van der Waals surface area contributed by atoms with E-state index in [1.807, 2.05) is 6.92 Å². The van der Waals surface area contributed by atoms with E-state index in [0.717, 1.165) is 32.6 Å². The minimum atomic E-state index is -0.0235. The van der Waals surface area contributed by atoms with Crippen LogP contribution in [0, 0.1) is 5.41 Å². The molecule has 0 saturated carbocycles. The second-order valence-electron chi connectivity index (χ2n) is 4.34. The van der Waals surface area contributed by atoms with Crippen LogP contribution < -0.4 is 5.32 Å². The number of rotatable bonds is 5. The zero-order chi connectivity index (χ0) is 11.1. The van der Waals surface area contributed by atoms with E-state index in [1.54, 1.807) is 0 Å². The maximum Gasteiger partial charge on any atom is 0.246 e. The van der Waals surface area contributed by atoms with E-state index in [4.69, 9.17) is 9.47 Å². The van der Waals surface area contributed by atoms with Gasteiger partial charge in [0.1, 0.15) is 6.61 Å². The van der Waals surface area contributed by atoms with Gasteiger partial charge in [-0.15, -0.1) is 0 Å². The molecule has 0 aromatic heterocycles. The smallest absolute Gasteiger partial charge is 0.246 e. The summed E-state index contributed by atoms with van der Waals surface area (Å²) >= 11 is 0. The molecule has 1 N–H and O–H groups in total. The fourth-order valence-corrected chi connectivity index (χ4v) is 1.60. The molecule has 1 saturated heterocycles. The van der Waals surface area contributed by atoms with Crippen molar-refractivity contribution in [1.29, 1.82) is 0 Å². The van der Waals surface area contributed by atoms with Crippen molar-refractivity contribution in [3.63, 3.8) is 0 Å². The molecule has 0 aromatic carbocycles. The molecule has 0 unspecified atom stereocenters. The van der Waals surface area contributed by atoms with E-state index in [0.29, 0.717) is 6.61 Å². The maximum atomic E-state index is 11.3. The molecule has 4 nitrogen and oxygen atoms in total. The second kappa shape index (κ2) is 6.08. The number of carbonyl (C=O) groups is 1. The van der Waals surface area contributed by atoms with Gasteiger partial charge in [0.25, 0.3) is 0 Å². The number of nitrogens with one attached hydrogen (secondary N) is 1. The first-order valence-corrected chi connectivity index (χ1v) is 5.58. The second-order valence-corrected chi connectivity index (χ2v) is 4.34. The lowest BCUT2D eigenvalue weighted by molar-refractivity contribution is -0.126. The third-order valence-corrected chi connectivity index (χ3v) is 2.85. The van der Waals surface area contributed by atoms with Crippen LogP contribution >= 0.6 is 0 Å². The van der Waals surface area contributed by atoms with Gasteiger partial charge in [-0.1, -0.05) is 6.92 Å². The summed E-state index contributed by atoms with van der Waals surface area (Å²) in [5.74, 6) is -0.0235. The molecule has 1 heterocycles. The van der Waals surface area contributed by atoms with E-state index in [-0.39, 0.29) is 17.9 Å². The third-order valence-electron chi connectivity index (χ3n) is 2.85. The summed E-state index contributed by atoms with van der Waals surface area (Å²) in [7, 11) is 0. The molecule has 1 fully saturated rings. The van der Waals surface area contributed by atoms with Gasteiger partial charge in [-0.2, -0.15) is 0 Å². The molecule has 0 spiro atoms. The molecule has 1 rings (SSSR count). The molecule has 0 aliphatic carbocycles. The number of hydrogen-bond acceptors (Lipinski definition) is 3. The summed E-state index contributed by atoms with van der Waals surface area (Å²) in [5, 5.41) is 2.91. The lowest BCUT2D eigenvalue weighted by atomic mass is 9.82. The van der Waals surface area contributed by atoms with Crippen LogP contribution in [0.1, 0.15) is 26.7 Å².